The number of aromatic nitrogens is 2. The van der Waals surface area contributed by atoms with Crippen molar-refractivity contribution in [2.45, 2.75) is 0 Å². The number of nitrogens with two attached hydrogens (primary N) is 1. The Balaban J connectivity index is 1.74. The Morgan fingerprint density at radius 3 is 2.68 bits per heavy atom. The van der Waals surface area contributed by atoms with Gasteiger partial charge in [0.25, 0.3) is 5.91 Å². The lowest BCUT2D eigenvalue weighted by Gasteiger charge is -2.14. The predicted octanol–water partition coefficient (Wildman–Crippen LogP) is 3.36. The molecular formula is C18H16ClFN6O2. The SMILES string of the molecule is COc1ccccc1C(=O)NNc1ncnc(Nc2ccc(F)c(Cl)c2)c1N. The second-order valence-corrected chi connectivity index (χ2v) is 5.93. The molecular weight excluding hydrogens is 387 g/mol. The molecule has 1 aromatic heterocycles. The van der Waals surface area contributed by atoms with Gasteiger partial charge in [-0.05, 0) is 30.3 Å². The van der Waals surface area contributed by atoms with E-state index in [0.717, 1.165) is 0 Å². The van der Waals surface area contributed by atoms with E-state index >= 15 is 0 Å². The number of rotatable bonds is 6. The number of amides is 1. The number of carbonyl (C=O) groups excluding carboxylic acids is 1. The first-order valence-corrected chi connectivity index (χ1v) is 8.39. The minimum Gasteiger partial charge on any atom is -0.496 e. The molecule has 1 heterocycles. The summed E-state index contributed by atoms with van der Waals surface area (Å²) in [6, 6.07) is 10.9. The molecule has 0 spiro atoms. The van der Waals surface area contributed by atoms with Gasteiger partial charge < -0.3 is 15.8 Å². The third-order valence-corrected chi connectivity index (χ3v) is 4.00. The third kappa shape index (κ3) is 4.21. The smallest absolute Gasteiger partial charge is 0.273 e. The maximum atomic E-state index is 13.3. The molecule has 0 aliphatic carbocycles. The van der Waals surface area contributed by atoms with E-state index in [2.05, 4.69) is 26.1 Å². The summed E-state index contributed by atoms with van der Waals surface area (Å²) < 4.78 is 18.4. The summed E-state index contributed by atoms with van der Waals surface area (Å²) in [6.45, 7) is 0. The highest BCUT2D eigenvalue weighted by molar-refractivity contribution is 6.31. The van der Waals surface area contributed by atoms with E-state index in [1.165, 1.54) is 31.6 Å². The number of methoxy groups -OCH3 is 1. The van der Waals surface area contributed by atoms with Crippen LogP contribution in [0.2, 0.25) is 5.02 Å². The van der Waals surface area contributed by atoms with Gasteiger partial charge in [-0.25, -0.2) is 14.4 Å². The van der Waals surface area contributed by atoms with Crippen LogP contribution in [0.15, 0.2) is 48.8 Å². The molecule has 0 atom stereocenters. The number of hydrogen-bond acceptors (Lipinski definition) is 7. The Morgan fingerprint density at radius 2 is 1.93 bits per heavy atom. The number of nitrogen functional groups attached to an aromatic ring is 1. The molecule has 0 saturated carbocycles. The molecule has 1 amide bonds. The van der Waals surface area contributed by atoms with Crippen LogP contribution in [0.5, 0.6) is 5.75 Å². The van der Waals surface area contributed by atoms with Gasteiger partial charge in [0, 0.05) is 5.69 Å². The van der Waals surface area contributed by atoms with Crippen LogP contribution in [-0.2, 0) is 0 Å². The van der Waals surface area contributed by atoms with Crippen molar-refractivity contribution >= 4 is 40.5 Å². The van der Waals surface area contributed by atoms with Gasteiger partial charge in [-0.2, -0.15) is 0 Å². The number of halogens is 2. The van der Waals surface area contributed by atoms with Crippen molar-refractivity contribution in [3.05, 3.63) is 65.2 Å². The number of hydrazine groups is 1. The summed E-state index contributed by atoms with van der Waals surface area (Å²) in [6.07, 6.45) is 1.25. The van der Waals surface area contributed by atoms with E-state index < -0.39 is 11.7 Å². The fourth-order valence-corrected chi connectivity index (χ4v) is 2.50. The van der Waals surface area contributed by atoms with Gasteiger partial charge in [0.2, 0.25) is 0 Å². The minimum atomic E-state index is -0.538. The van der Waals surface area contributed by atoms with E-state index in [1.54, 1.807) is 24.3 Å². The van der Waals surface area contributed by atoms with Crippen LogP contribution in [0.4, 0.5) is 27.4 Å². The van der Waals surface area contributed by atoms with Crippen molar-refractivity contribution in [3.8, 4) is 5.75 Å². The summed E-state index contributed by atoms with van der Waals surface area (Å²) in [7, 11) is 1.47. The molecule has 144 valence electrons. The zero-order valence-corrected chi connectivity index (χ0v) is 15.4. The monoisotopic (exact) mass is 402 g/mol. The van der Waals surface area contributed by atoms with Crippen LogP contribution in [0.25, 0.3) is 0 Å². The van der Waals surface area contributed by atoms with Crippen LogP contribution in [0.3, 0.4) is 0 Å². The molecule has 8 nitrogen and oxygen atoms in total. The number of benzene rings is 2. The zero-order valence-electron chi connectivity index (χ0n) is 14.7. The molecule has 10 heteroatoms. The number of nitrogens with zero attached hydrogens (tertiary/aromatic N) is 2. The second-order valence-electron chi connectivity index (χ2n) is 5.52. The first-order chi connectivity index (χ1) is 13.5. The molecule has 0 unspecified atom stereocenters. The lowest BCUT2D eigenvalue weighted by molar-refractivity contribution is 0.0959. The van der Waals surface area contributed by atoms with Gasteiger partial charge in [-0.15, -0.1) is 0 Å². The van der Waals surface area contributed by atoms with Crippen LogP contribution >= 0.6 is 11.6 Å². The van der Waals surface area contributed by atoms with Crippen molar-refractivity contribution in [2.75, 3.05) is 23.6 Å². The summed E-state index contributed by atoms with van der Waals surface area (Å²) in [5, 5.41) is 2.88. The Kier molecular flexibility index (Phi) is 5.75. The minimum absolute atomic E-state index is 0.0416. The van der Waals surface area contributed by atoms with Gasteiger partial charge in [0.05, 0.1) is 17.7 Å². The van der Waals surface area contributed by atoms with E-state index in [9.17, 15) is 9.18 Å². The van der Waals surface area contributed by atoms with Crippen molar-refractivity contribution in [3.63, 3.8) is 0 Å². The molecule has 3 aromatic rings. The Hall–Kier alpha value is -3.59. The van der Waals surface area contributed by atoms with E-state index in [4.69, 9.17) is 22.1 Å². The summed E-state index contributed by atoms with van der Waals surface area (Å²) in [4.78, 5) is 20.4. The van der Waals surface area contributed by atoms with Crippen molar-refractivity contribution in [2.24, 2.45) is 0 Å². The molecule has 5 N–H and O–H groups in total. The Morgan fingerprint density at radius 1 is 1.18 bits per heavy atom. The van der Waals surface area contributed by atoms with E-state index in [-0.39, 0.29) is 22.3 Å². The molecule has 0 radical (unpaired) electrons. The van der Waals surface area contributed by atoms with Gasteiger partial charge in [-0.1, -0.05) is 23.7 Å². The maximum Gasteiger partial charge on any atom is 0.273 e. The quantitative estimate of drug-likeness (QED) is 0.467. The molecule has 0 saturated heterocycles. The van der Waals surface area contributed by atoms with Gasteiger partial charge >= 0.3 is 0 Å². The average Bonchev–Trinajstić information content (AvgIpc) is 2.71. The first kappa shape index (κ1) is 19.2. The lowest BCUT2D eigenvalue weighted by Crippen LogP contribution is -2.30. The van der Waals surface area contributed by atoms with E-state index in [0.29, 0.717) is 17.0 Å². The van der Waals surface area contributed by atoms with Gasteiger partial charge in [0.1, 0.15) is 23.6 Å². The standard InChI is InChI=1S/C18H16ClFN6O2/c1-28-14-5-3-2-4-11(14)18(27)26-25-17-15(21)16(22-9-23-17)24-10-6-7-13(20)12(19)8-10/h2-9H,21H2,1H3,(H,26,27)(H2,22,23,24,25). The fraction of sp³-hybridized carbons (Fsp3) is 0.0556. The molecule has 2 aromatic carbocycles. The lowest BCUT2D eigenvalue weighted by atomic mass is 10.2. The van der Waals surface area contributed by atoms with Crippen LogP contribution in [-0.4, -0.2) is 23.0 Å². The normalized spacial score (nSPS) is 10.2. The van der Waals surface area contributed by atoms with Crippen molar-refractivity contribution in [1.29, 1.82) is 0 Å². The number of ether oxygens (including phenoxy) is 1. The maximum absolute atomic E-state index is 13.3. The highest BCUT2D eigenvalue weighted by atomic mass is 35.5. The number of anilines is 4. The first-order valence-electron chi connectivity index (χ1n) is 8.01. The molecule has 0 aliphatic rings. The molecule has 0 aliphatic heterocycles. The number of hydrogen-bond donors (Lipinski definition) is 4. The topological polar surface area (TPSA) is 114 Å². The summed E-state index contributed by atoms with van der Waals surface area (Å²) in [5.41, 5.74) is 12.2. The van der Waals surface area contributed by atoms with Gasteiger partial charge in [0.15, 0.2) is 11.6 Å². The predicted molar refractivity (Wildman–Crippen MR) is 105 cm³/mol. The molecule has 0 bridgehead atoms. The van der Waals surface area contributed by atoms with Crippen LogP contribution < -0.4 is 26.6 Å². The Labute approximate surface area is 164 Å². The number of nitrogens with one attached hydrogen (secondary N) is 3. The number of carbonyl (C=O) groups is 1. The van der Waals surface area contributed by atoms with Gasteiger partial charge in [-0.3, -0.25) is 15.6 Å². The van der Waals surface area contributed by atoms with Crippen LogP contribution in [0.1, 0.15) is 10.4 Å². The molecule has 3 rings (SSSR count). The zero-order chi connectivity index (χ0) is 20.1. The Bertz CT molecular complexity index is 1020. The summed E-state index contributed by atoms with van der Waals surface area (Å²) >= 11 is 5.77. The molecule has 0 fully saturated rings. The molecule has 28 heavy (non-hydrogen) atoms. The fourth-order valence-electron chi connectivity index (χ4n) is 2.32. The van der Waals surface area contributed by atoms with Crippen molar-refractivity contribution in [1.82, 2.24) is 15.4 Å². The summed E-state index contributed by atoms with van der Waals surface area (Å²) in [5.74, 6) is -0.117. The number of para-hydroxylation sites is 1. The highest BCUT2D eigenvalue weighted by Gasteiger charge is 2.13. The average molecular weight is 403 g/mol. The highest BCUT2D eigenvalue weighted by Crippen LogP contribution is 2.27. The van der Waals surface area contributed by atoms with Crippen LogP contribution in [0, 0.1) is 5.82 Å². The largest absolute Gasteiger partial charge is 0.496 e. The third-order valence-electron chi connectivity index (χ3n) is 3.71. The van der Waals surface area contributed by atoms with Crippen molar-refractivity contribution < 1.29 is 13.9 Å². The van der Waals surface area contributed by atoms with E-state index in [1.807, 2.05) is 0 Å². The second kappa shape index (κ2) is 8.40.